The first-order valence-electron chi connectivity index (χ1n) is 8.01. The van der Waals surface area contributed by atoms with Crippen molar-refractivity contribution in [3.8, 4) is 0 Å². The summed E-state index contributed by atoms with van der Waals surface area (Å²) in [5, 5.41) is 14.3. The van der Waals surface area contributed by atoms with E-state index in [-0.39, 0.29) is 36.1 Å². The van der Waals surface area contributed by atoms with Gasteiger partial charge in [0.05, 0.1) is 30.2 Å². The lowest BCUT2D eigenvalue weighted by atomic mass is 9.96. The van der Waals surface area contributed by atoms with E-state index in [0.717, 1.165) is 5.46 Å². The number of carbonyl (C=O) groups is 2. The first-order valence-corrected chi connectivity index (χ1v) is 8.01. The van der Waals surface area contributed by atoms with Crippen LogP contribution in [0.1, 0.15) is 26.3 Å². The van der Waals surface area contributed by atoms with Crippen molar-refractivity contribution < 1.29 is 23.9 Å². The highest BCUT2D eigenvalue weighted by Gasteiger charge is 2.24. The molecule has 0 aromatic heterocycles. The molecule has 0 unspecified atom stereocenters. The van der Waals surface area contributed by atoms with E-state index in [1.165, 1.54) is 12.1 Å². The van der Waals surface area contributed by atoms with Crippen LogP contribution >= 0.6 is 0 Å². The Morgan fingerprint density at radius 2 is 2.12 bits per heavy atom. The third kappa shape index (κ3) is 3.68. The normalized spacial score (nSPS) is 12.5. The van der Waals surface area contributed by atoms with E-state index in [9.17, 15) is 14.0 Å². The molecule has 2 aromatic rings. The molecule has 7 nitrogen and oxygen atoms in total. The van der Waals surface area contributed by atoms with Crippen LogP contribution in [0.2, 0.25) is 0 Å². The van der Waals surface area contributed by atoms with Crippen LogP contribution in [0.4, 0.5) is 15.8 Å². The van der Waals surface area contributed by atoms with Gasteiger partial charge in [0.15, 0.2) is 0 Å². The molecule has 0 radical (unpaired) electrons. The molecule has 2 amide bonds. The average molecular weight is 357 g/mol. The molecule has 4 N–H and O–H groups in total. The van der Waals surface area contributed by atoms with E-state index in [1.54, 1.807) is 26.0 Å². The minimum atomic E-state index is -0.574. The fourth-order valence-corrected chi connectivity index (χ4v) is 2.65. The van der Waals surface area contributed by atoms with Crippen LogP contribution in [-0.4, -0.2) is 38.0 Å². The molecule has 1 aliphatic rings. The summed E-state index contributed by atoms with van der Waals surface area (Å²) in [6.07, 6.45) is 0. The SMILES string of the molecule is Bc1ccc(Nc2cc3c(cc2C(=O)NOCCO)CNC3=O)c(F)c1. The summed E-state index contributed by atoms with van der Waals surface area (Å²) in [6, 6.07) is 7.72. The largest absolute Gasteiger partial charge is 0.394 e. The van der Waals surface area contributed by atoms with Crippen molar-refractivity contribution >= 4 is 36.5 Å². The van der Waals surface area contributed by atoms with Gasteiger partial charge >= 0.3 is 0 Å². The molecule has 9 heteroatoms. The molecule has 0 saturated heterocycles. The second kappa shape index (κ2) is 7.55. The number of hydrogen-bond donors (Lipinski definition) is 4. The lowest BCUT2D eigenvalue weighted by molar-refractivity contribution is 0.0169. The van der Waals surface area contributed by atoms with Crippen molar-refractivity contribution in [2.45, 2.75) is 6.54 Å². The Morgan fingerprint density at radius 1 is 1.31 bits per heavy atom. The summed E-state index contributed by atoms with van der Waals surface area (Å²) in [5.74, 6) is -1.30. The third-order valence-corrected chi connectivity index (χ3v) is 3.92. The van der Waals surface area contributed by atoms with Gasteiger partial charge in [-0.3, -0.25) is 14.4 Å². The molecule has 0 aliphatic carbocycles. The topological polar surface area (TPSA) is 99.7 Å². The highest BCUT2D eigenvalue weighted by molar-refractivity contribution is 6.32. The van der Waals surface area contributed by atoms with Crippen LogP contribution in [0.5, 0.6) is 0 Å². The van der Waals surface area contributed by atoms with Crippen molar-refractivity contribution in [3.05, 3.63) is 52.8 Å². The highest BCUT2D eigenvalue weighted by Crippen LogP contribution is 2.28. The summed E-state index contributed by atoms with van der Waals surface area (Å²) in [6.45, 7) is -0.000233. The van der Waals surface area contributed by atoms with Gasteiger partial charge in [-0.25, -0.2) is 9.87 Å². The van der Waals surface area contributed by atoms with E-state index < -0.39 is 11.7 Å². The van der Waals surface area contributed by atoms with Gasteiger partial charge in [0.25, 0.3) is 11.8 Å². The summed E-state index contributed by atoms with van der Waals surface area (Å²) >= 11 is 0. The molecule has 1 heterocycles. The van der Waals surface area contributed by atoms with Crippen LogP contribution in [0, 0.1) is 5.82 Å². The summed E-state index contributed by atoms with van der Waals surface area (Å²) < 4.78 is 14.2. The van der Waals surface area contributed by atoms with Gasteiger partial charge in [-0.1, -0.05) is 11.5 Å². The number of benzene rings is 2. The van der Waals surface area contributed by atoms with E-state index in [4.69, 9.17) is 9.94 Å². The molecule has 26 heavy (non-hydrogen) atoms. The number of rotatable bonds is 6. The minimum Gasteiger partial charge on any atom is -0.394 e. The number of amides is 2. The first kappa shape index (κ1) is 17.9. The van der Waals surface area contributed by atoms with E-state index in [1.807, 2.05) is 0 Å². The first-order chi connectivity index (χ1) is 12.5. The number of hydrogen-bond acceptors (Lipinski definition) is 5. The summed E-state index contributed by atoms with van der Waals surface area (Å²) in [7, 11) is 1.77. The molecule has 1 aliphatic heterocycles. The monoisotopic (exact) mass is 357 g/mol. The number of nitrogens with one attached hydrogen (secondary N) is 3. The van der Waals surface area contributed by atoms with Gasteiger partial charge < -0.3 is 15.7 Å². The lowest BCUT2D eigenvalue weighted by Crippen LogP contribution is -2.26. The van der Waals surface area contributed by atoms with E-state index in [2.05, 4.69) is 16.1 Å². The van der Waals surface area contributed by atoms with Gasteiger partial charge in [0, 0.05) is 12.1 Å². The third-order valence-electron chi connectivity index (χ3n) is 3.92. The number of halogens is 1. The van der Waals surface area contributed by atoms with Crippen LogP contribution in [0.25, 0.3) is 0 Å². The average Bonchev–Trinajstić information content (AvgIpc) is 2.97. The minimum absolute atomic E-state index is 0.0634. The smallest absolute Gasteiger partial charge is 0.276 e. The predicted molar refractivity (Wildman–Crippen MR) is 96.0 cm³/mol. The van der Waals surface area contributed by atoms with Crippen LogP contribution in [-0.2, 0) is 11.4 Å². The maximum Gasteiger partial charge on any atom is 0.276 e. The molecule has 0 bridgehead atoms. The van der Waals surface area contributed by atoms with Crippen molar-refractivity contribution in [2.75, 3.05) is 18.5 Å². The Hall–Kier alpha value is -2.91. The molecule has 2 aromatic carbocycles. The number of aliphatic hydroxyl groups is 1. The molecule has 0 saturated carbocycles. The number of fused-ring (bicyclic) bond motifs is 1. The fraction of sp³-hybridized carbons (Fsp3) is 0.176. The van der Waals surface area contributed by atoms with Crippen molar-refractivity contribution in [3.63, 3.8) is 0 Å². The Balaban J connectivity index is 1.97. The molecule has 0 spiro atoms. The maximum absolute atomic E-state index is 14.2. The van der Waals surface area contributed by atoms with Gasteiger partial charge in [-0.05, 0) is 29.8 Å². The summed E-state index contributed by atoms with van der Waals surface area (Å²) in [4.78, 5) is 29.2. The van der Waals surface area contributed by atoms with Gasteiger partial charge in [0.2, 0.25) is 0 Å². The second-order valence-electron chi connectivity index (χ2n) is 5.85. The van der Waals surface area contributed by atoms with Gasteiger partial charge in [-0.15, -0.1) is 0 Å². The molecule has 0 fully saturated rings. The Labute approximate surface area is 149 Å². The van der Waals surface area contributed by atoms with Crippen LogP contribution < -0.4 is 21.6 Å². The van der Waals surface area contributed by atoms with E-state index in [0.29, 0.717) is 17.7 Å². The second-order valence-corrected chi connectivity index (χ2v) is 5.85. The van der Waals surface area contributed by atoms with Crippen molar-refractivity contribution in [1.29, 1.82) is 0 Å². The fourth-order valence-electron chi connectivity index (χ4n) is 2.65. The molecular weight excluding hydrogens is 340 g/mol. The molecule has 3 rings (SSSR count). The maximum atomic E-state index is 14.2. The Bertz CT molecular complexity index is 875. The van der Waals surface area contributed by atoms with Gasteiger partial charge in [-0.2, -0.15) is 0 Å². The van der Waals surface area contributed by atoms with Crippen LogP contribution in [0.3, 0.4) is 0 Å². The van der Waals surface area contributed by atoms with E-state index >= 15 is 0 Å². The Kier molecular flexibility index (Phi) is 5.20. The lowest BCUT2D eigenvalue weighted by Gasteiger charge is -2.14. The number of anilines is 2. The van der Waals surface area contributed by atoms with Crippen molar-refractivity contribution in [2.24, 2.45) is 0 Å². The van der Waals surface area contributed by atoms with Gasteiger partial charge in [0.1, 0.15) is 13.7 Å². The zero-order valence-electron chi connectivity index (χ0n) is 14.1. The zero-order chi connectivity index (χ0) is 18.7. The molecule has 134 valence electrons. The van der Waals surface area contributed by atoms with Crippen molar-refractivity contribution in [1.82, 2.24) is 10.8 Å². The number of aliphatic hydroxyl groups excluding tert-OH is 1. The van der Waals surface area contributed by atoms with Crippen LogP contribution in [0.15, 0.2) is 30.3 Å². The molecular formula is C17H17BFN3O4. The quantitative estimate of drug-likeness (QED) is 0.324. The molecule has 0 atom stereocenters. The zero-order valence-corrected chi connectivity index (χ0v) is 14.1. The predicted octanol–water partition coefficient (Wildman–Crippen LogP) is -0.275. The standard InChI is InChI=1S/C17H17BFN3O4/c18-10-1-2-14(13(19)6-10)21-15-7-11-9(8-20-16(11)24)5-12(15)17(25)22-26-4-3-23/h1-2,5-7,21,23H,3-4,8,18H2,(H,20,24)(H,22,25). The number of hydroxylamine groups is 1. The number of carbonyl (C=O) groups excluding carboxylic acids is 2. The highest BCUT2D eigenvalue weighted by atomic mass is 19.1. The summed E-state index contributed by atoms with van der Waals surface area (Å²) in [5.41, 5.74) is 4.71. The Morgan fingerprint density at radius 3 is 2.85 bits per heavy atom.